The molecule has 24 heavy (non-hydrogen) atoms. The Kier molecular flexibility index (Phi) is 5.12. The molecule has 2 aromatic rings. The van der Waals surface area contributed by atoms with E-state index in [-0.39, 0.29) is 11.4 Å². The van der Waals surface area contributed by atoms with Gasteiger partial charge in [-0.05, 0) is 43.9 Å². The number of benzene rings is 1. The Bertz CT molecular complexity index is 739. The van der Waals surface area contributed by atoms with E-state index in [2.05, 4.69) is 4.98 Å². The molecule has 0 radical (unpaired) electrons. The number of aromatic amines is 1. The zero-order chi connectivity index (χ0) is 17.9. The average Bonchev–Trinajstić information content (AvgIpc) is 2.85. The first-order valence-corrected chi connectivity index (χ1v) is 7.97. The maximum absolute atomic E-state index is 12.4. The van der Waals surface area contributed by atoms with Gasteiger partial charge in [0.15, 0.2) is 0 Å². The Hall–Kier alpha value is -2.56. The number of nitrogens with one attached hydrogen (secondary N) is 1. The van der Waals surface area contributed by atoms with Crippen LogP contribution in [-0.2, 0) is 17.6 Å². The Balaban J connectivity index is 2.49. The molecule has 0 spiro atoms. The van der Waals surface area contributed by atoms with Crippen LogP contribution in [0.3, 0.4) is 0 Å². The number of aromatic nitrogens is 1. The number of carbonyl (C=O) groups excluding carboxylic acids is 1. The molecule has 1 aromatic carbocycles. The van der Waals surface area contributed by atoms with Crippen LogP contribution in [0.4, 0.5) is 0 Å². The largest absolute Gasteiger partial charge is 0.477 e. The lowest BCUT2D eigenvalue weighted by atomic mass is 9.98. The molecule has 1 aromatic heterocycles. The first-order valence-electron chi connectivity index (χ1n) is 7.97. The van der Waals surface area contributed by atoms with E-state index < -0.39 is 17.5 Å². The number of H-pyrrole nitrogens is 1. The van der Waals surface area contributed by atoms with Crippen molar-refractivity contribution < 1.29 is 19.4 Å². The molecule has 0 amide bonds. The monoisotopic (exact) mass is 329 g/mol. The molecule has 0 unspecified atom stereocenters. The maximum Gasteiger partial charge on any atom is 0.355 e. The van der Waals surface area contributed by atoms with Gasteiger partial charge in [0.05, 0.1) is 0 Å². The molecule has 0 aliphatic rings. The number of hydrogen-bond donors (Lipinski definition) is 2. The van der Waals surface area contributed by atoms with Crippen molar-refractivity contribution in [3.8, 4) is 0 Å². The molecule has 5 heteroatoms. The third-order valence-corrected chi connectivity index (χ3v) is 3.61. The van der Waals surface area contributed by atoms with Crippen LogP contribution in [0, 0.1) is 0 Å². The maximum atomic E-state index is 12.4. The van der Waals surface area contributed by atoms with Gasteiger partial charge in [-0.2, -0.15) is 0 Å². The Morgan fingerprint density at radius 1 is 1.08 bits per heavy atom. The zero-order valence-corrected chi connectivity index (χ0v) is 14.5. The summed E-state index contributed by atoms with van der Waals surface area (Å²) in [6.07, 6.45) is 0.992. The number of aromatic carboxylic acids is 1. The standard InChI is InChI=1S/C19H23NO4/c1-5-13-14(11-12-9-7-6-8-10-12)15(17(21)22)20-16(13)18(23)24-19(2,3)4/h6-10,20H,5,11H2,1-4H3,(H,21,22). The predicted octanol–water partition coefficient (Wildman–Crippen LogP) is 3.82. The van der Waals surface area contributed by atoms with Gasteiger partial charge in [0.2, 0.25) is 0 Å². The van der Waals surface area contributed by atoms with Crippen LogP contribution in [0.5, 0.6) is 0 Å². The molecule has 0 aliphatic carbocycles. The summed E-state index contributed by atoms with van der Waals surface area (Å²) < 4.78 is 5.40. The molecule has 0 aliphatic heterocycles. The van der Waals surface area contributed by atoms with Crippen molar-refractivity contribution in [3.05, 3.63) is 58.4 Å². The van der Waals surface area contributed by atoms with Gasteiger partial charge in [0.25, 0.3) is 0 Å². The van der Waals surface area contributed by atoms with Gasteiger partial charge in [-0.3, -0.25) is 0 Å². The van der Waals surface area contributed by atoms with E-state index in [0.29, 0.717) is 24.0 Å². The van der Waals surface area contributed by atoms with Gasteiger partial charge in [0.1, 0.15) is 17.0 Å². The minimum atomic E-state index is -1.08. The lowest BCUT2D eigenvalue weighted by Gasteiger charge is -2.19. The highest BCUT2D eigenvalue weighted by Gasteiger charge is 2.27. The lowest BCUT2D eigenvalue weighted by Crippen LogP contribution is -2.24. The van der Waals surface area contributed by atoms with Crippen molar-refractivity contribution in [2.75, 3.05) is 0 Å². The van der Waals surface area contributed by atoms with Crippen LogP contribution in [-0.4, -0.2) is 27.6 Å². The number of ether oxygens (including phenoxy) is 1. The van der Waals surface area contributed by atoms with E-state index in [9.17, 15) is 14.7 Å². The molecule has 0 bridgehead atoms. The van der Waals surface area contributed by atoms with E-state index in [4.69, 9.17) is 4.74 Å². The summed E-state index contributed by atoms with van der Waals surface area (Å²) in [6.45, 7) is 7.24. The molecule has 128 valence electrons. The Labute approximate surface area is 141 Å². The molecule has 0 fully saturated rings. The summed E-state index contributed by atoms with van der Waals surface area (Å²) in [5, 5.41) is 9.51. The molecule has 2 rings (SSSR count). The highest BCUT2D eigenvalue weighted by Crippen LogP contribution is 2.25. The number of esters is 1. The Morgan fingerprint density at radius 2 is 1.71 bits per heavy atom. The number of rotatable bonds is 5. The van der Waals surface area contributed by atoms with Gasteiger partial charge in [-0.15, -0.1) is 0 Å². The third kappa shape index (κ3) is 4.04. The topological polar surface area (TPSA) is 79.4 Å². The first kappa shape index (κ1) is 17.8. The second kappa shape index (κ2) is 6.91. The third-order valence-electron chi connectivity index (χ3n) is 3.61. The van der Waals surface area contributed by atoms with Crippen LogP contribution < -0.4 is 0 Å². The SMILES string of the molecule is CCc1c(C(=O)OC(C)(C)C)[nH]c(C(=O)O)c1Cc1ccccc1. The summed E-state index contributed by atoms with van der Waals surface area (Å²) in [5.74, 6) is -1.60. The molecular formula is C19H23NO4. The van der Waals surface area contributed by atoms with Crippen LogP contribution in [0.2, 0.25) is 0 Å². The van der Waals surface area contributed by atoms with E-state index in [1.54, 1.807) is 20.8 Å². The summed E-state index contributed by atoms with van der Waals surface area (Å²) in [4.78, 5) is 26.8. The second-order valence-corrected chi connectivity index (χ2v) is 6.66. The molecule has 5 nitrogen and oxygen atoms in total. The normalized spacial score (nSPS) is 11.3. The summed E-state index contributed by atoms with van der Waals surface area (Å²) in [5.41, 5.74) is 1.97. The zero-order valence-electron chi connectivity index (χ0n) is 14.5. The molecular weight excluding hydrogens is 306 g/mol. The number of carbonyl (C=O) groups is 2. The van der Waals surface area contributed by atoms with Crippen LogP contribution in [0.1, 0.15) is 65.4 Å². The highest BCUT2D eigenvalue weighted by atomic mass is 16.6. The Morgan fingerprint density at radius 3 is 2.21 bits per heavy atom. The molecule has 2 N–H and O–H groups in total. The average molecular weight is 329 g/mol. The van der Waals surface area contributed by atoms with E-state index in [1.807, 2.05) is 37.3 Å². The summed E-state index contributed by atoms with van der Waals surface area (Å²) in [7, 11) is 0. The van der Waals surface area contributed by atoms with E-state index in [1.165, 1.54) is 0 Å². The second-order valence-electron chi connectivity index (χ2n) is 6.66. The summed E-state index contributed by atoms with van der Waals surface area (Å²) >= 11 is 0. The molecule has 0 atom stereocenters. The summed E-state index contributed by atoms with van der Waals surface area (Å²) in [6, 6.07) is 9.59. The van der Waals surface area contributed by atoms with Crippen LogP contribution >= 0.6 is 0 Å². The van der Waals surface area contributed by atoms with Gasteiger partial charge >= 0.3 is 11.9 Å². The van der Waals surface area contributed by atoms with Crippen molar-refractivity contribution in [2.45, 2.75) is 46.1 Å². The van der Waals surface area contributed by atoms with Crippen molar-refractivity contribution in [1.29, 1.82) is 0 Å². The number of carboxylic acid groups (broad SMARTS) is 1. The number of carboxylic acids is 1. The lowest BCUT2D eigenvalue weighted by molar-refractivity contribution is 0.00623. The van der Waals surface area contributed by atoms with Gasteiger partial charge in [0, 0.05) is 6.42 Å². The highest BCUT2D eigenvalue weighted by molar-refractivity contribution is 5.95. The van der Waals surface area contributed by atoms with Gasteiger partial charge in [-0.1, -0.05) is 37.3 Å². The minimum Gasteiger partial charge on any atom is -0.477 e. The quantitative estimate of drug-likeness (QED) is 0.817. The fourth-order valence-corrected chi connectivity index (χ4v) is 2.65. The fraction of sp³-hybridized carbons (Fsp3) is 0.368. The fourth-order valence-electron chi connectivity index (χ4n) is 2.65. The van der Waals surface area contributed by atoms with Gasteiger partial charge < -0.3 is 14.8 Å². The smallest absolute Gasteiger partial charge is 0.355 e. The van der Waals surface area contributed by atoms with Crippen LogP contribution in [0.15, 0.2) is 30.3 Å². The van der Waals surface area contributed by atoms with Crippen molar-refractivity contribution in [1.82, 2.24) is 4.98 Å². The van der Waals surface area contributed by atoms with Crippen molar-refractivity contribution in [3.63, 3.8) is 0 Å². The van der Waals surface area contributed by atoms with E-state index >= 15 is 0 Å². The molecule has 0 saturated carbocycles. The predicted molar refractivity (Wildman–Crippen MR) is 91.5 cm³/mol. The first-order chi connectivity index (χ1) is 11.2. The number of hydrogen-bond acceptors (Lipinski definition) is 3. The molecule has 1 heterocycles. The van der Waals surface area contributed by atoms with Gasteiger partial charge in [-0.25, -0.2) is 9.59 Å². The van der Waals surface area contributed by atoms with Crippen molar-refractivity contribution in [2.24, 2.45) is 0 Å². The van der Waals surface area contributed by atoms with Crippen molar-refractivity contribution >= 4 is 11.9 Å². The van der Waals surface area contributed by atoms with E-state index in [0.717, 1.165) is 5.56 Å². The van der Waals surface area contributed by atoms with Crippen LogP contribution in [0.25, 0.3) is 0 Å². The minimum absolute atomic E-state index is 0.0524. The molecule has 0 saturated heterocycles.